The first-order chi connectivity index (χ1) is 9.74. The van der Waals surface area contributed by atoms with Crippen molar-refractivity contribution in [3.05, 3.63) is 34.9 Å². The van der Waals surface area contributed by atoms with Gasteiger partial charge in [0.1, 0.15) is 0 Å². The van der Waals surface area contributed by atoms with Crippen molar-refractivity contribution in [1.29, 1.82) is 0 Å². The van der Waals surface area contributed by atoms with Crippen LogP contribution in [0.4, 0.5) is 0 Å². The summed E-state index contributed by atoms with van der Waals surface area (Å²) < 4.78 is 4.84. The summed E-state index contributed by atoms with van der Waals surface area (Å²) in [7, 11) is 1.48. The molecule has 0 heterocycles. The number of hydrogen-bond donors (Lipinski definition) is 0. The Labute approximate surface area is 128 Å². The van der Waals surface area contributed by atoms with Crippen LogP contribution in [-0.2, 0) is 14.9 Å². The lowest BCUT2D eigenvalue weighted by molar-refractivity contribution is -0.142. The molecule has 0 amide bonds. The van der Waals surface area contributed by atoms with E-state index in [-0.39, 0.29) is 17.3 Å². The topological polar surface area (TPSA) is 26.3 Å². The van der Waals surface area contributed by atoms with Crippen LogP contribution < -0.4 is 0 Å². The SMILES string of the molecule is COC(=O)C1CC1CC(C)c1cc(C(C)(C)C)ccc1C. The standard InChI is InChI=1S/C19H28O2/c1-12-7-8-15(19(3,4)5)11-16(12)13(2)9-14-10-17(14)18(20)21-6/h7-8,11,13-14,17H,9-10H2,1-6H3. The van der Waals surface area contributed by atoms with Gasteiger partial charge in [0, 0.05) is 0 Å². The zero-order valence-corrected chi connectivity index (χ0v) is 14.2. The average Bonchev–Trinajstić information content (AvgIpc) is 3.16. The number of esters is 1. The normalized spacial score (nSPS) is 22.8. The van der Waals surface area contributed by atoms with Gasteiger partial charge in [0.15, 0.2) is 0 Å². The molecule has 2 heteroatoms. The van der Waals surface area contributed by atoms with Crippen molar-refractivity contribution in [2.24, 2.45) is 11.8 Å². The van der Waals surface area contributed by atoms with Crippen molar-refractivity contribution in [1.82, 2.24) is 0 Å². The van der Waals surface area contributed by atoms with Crippen LogP contribution in [0.15, 0.2) is 18.2 Å². The molecular weight excluding hydrogens is 260 g/mol. The van der Waals surface area contributed by atoms with Gasteiger partial charge >= 0.3 is 5.97 Å². The second-order valence-corrected chi connectivity index (χ2v) is 7.58. The zero-order chi connectivity index (χ0) is 15.8. The van der Waals surface area contributed by atoms with Crippen molar-refractivity contribution in [3.8, 4) is 0 Å². The van der Waals surface area contributed by atoms with Crippen LogP contribution in [0.3, 0.4) is 0 Å². The fourth-order valence-electron chi connectivity index (χ4n) is 3.17. The largest absolute Gasteiger partial charge is 0.469 e. The molecule has 116 valence electrons. The van der Waals surface area contributed by atoms with Gasteiger partial charge in [0.05, 0.1) is 13.0 Å². The van der Waals surface area contributed by atoms with E-state index in [0.29, 0.717) is 11.8 Å². The first-order valence-electron chi connectivity index (χ1n) is 7.93. The average molecular weight is 288 g/mol. The van der Waals surface area contributed by atoms with E-state index < -0.39 is 0 Å². The van der Waals surface area contributed by atoms with Crippen LogP contribution in [0.25, 0.3) is 0 Å². The molecule has 3 unspecified atom stereocenters. The van der Waals surface area contributed by atoms with E-state index in [0.717, 1.165) is 12.8 Å². The highest BCUT2D eigenvalue weighted by Gasteiger charge is 2.44. The van der Waals surface area contributed by atoms with Crippen LogP contribution in [0.2, 0.25) is 0 Å². The van der Waals surface area contributed by atoms with Gasteiger partial charge in [0.25, 0.3) is 0 Å². The Hall–Kier alpha value is -1.31. The third-order valence-electron chi connectivity index (χ3n) is 4.76. The number of hydrogen-bond acceptors (Lipinski definition) is 2. The predicted molar refractivity (Wildman–Crippen MR) is 86.5 cm³/mol. The van der Waals surface area contributed by atoms with E-state index in [1.165, 1.54) is 23.8 Å². The van der Waals surface area contributed by atoms with Crippen molar-refractivity contribution in [2.75, 3.05) is 7.11 Å². The summed E-state index contributed by atoms with van der Waals surface area (Å²) in [6.45, 7) is 11.2. The van der Waals surface area contributed by atoms with Gasteiger partial charge in [-0.05, 0) is 53.7 Å². The lowest BCUT2D eigenvalue weighted by atomic mass is 9.82. The molecule has 1 aliphatic carbocycles. The highest BCUT2D eigenvalue weighted by atomic mass is 16.5. The number of methoxy groups -OCH3 is 1. The highest BCUT2D eigenvalue weighted by molar-refractivity contribution is 5.75. The molecule has 21 heavy (non-hydrogen) atoms. The highest BCUT2D eigenvalue weighted by Crippen LogP contribution is 2.46. The fraction of sp³-hybridized carbons (Fsp3) is 0.632. The number of ether oxygens (including phenoxy) is 1. The van der Waals surface area contributed by atoms with Crippen molar-refractivity contribution >= 4 is 5.97 Å². The Morgan fingerprint density at radius 3 is 2.62 bits per heavy atom. The summed E-state index contributed by atoms with van der Waals surface area (Å²) >= 11 is 0. The first-order valence-corrected chi connectivity index (χ1v) is 7.93. The predicted octanol–water partition coefficient (Wildman–Crippen LogP) is 4.60. The number of benzene rings is 1. The van der Waals surface area contributed by atoms with Gasteiger partial charge in [-0.3, -0.25) is 4.79 Å². The zero-order valence-electron chi connectivity index (χ0n) is 14.2. The lowest BCUT2D eigenvalue weighted by Gasteiger charge is -2.23. The first kappa shape index (κ1) is 16.1. The summed E-state index contributed by atoms with van der Waals surface area (Å²) in [5.74, 6) is 1.10. The molecule has 2 nitrogen and oxygen atoms in total. The van der Waals surface area contributed by atoms with Crippen LogP contribution in [-0.4, -0.2) is 13.1 Å². The van der Waals surface area contributed by atoms with Gasteiger partial charge in [-0.25, -0.2) is 0 Å². The molecule has 1 aromatic carbocycles. The molecule has 0 aromatic heterocycles. The number of carbonyl (C=O) groups excluding carboxylic acids is 1. The maximum Gasteiger partial charge on any atom is 0.308 e. The Morgan fingerprint density at radius 1 is 1.38 bits per heavy atom. The van der Waals surface area contributed by atoms with Crippen LogP contribution in [0.5, 0.6) is 0 Å². The number of carbonyl (C=O) groups is 1. The van der Waals surface area contributed by atoms with Gasteiger partial charge in [0.2, 0.25) is 0 Å². The van der Waals surface area contributed by atoms with E-state index in [1.807, 2.05) is 0 Å². The second kappa shape index (κ2) is 5.82. The third-order valence-corrected chi connectivity index (χ3v) is 4.76. The third kappa shape index (κ3) is 3.66. The summed E-state index contributed by atoms with van der Waals surface area (Å²) in [5.41, 5.74) is 4.34. The van der Waals surface area contributed by atoms with Crippen molar-refractivity contribution in [3.63, 3.8) is 0 Å². The van der Waals surface area contributed by atoms with Crippen LogP contribution >= 0.6 is 0 Å². The number of rotatable bonds is 4. The molecule has 0 radical (unpaired) electrons. The van der Waals surface area contributed by atoms with Gasteiger partial charge in [-0.2, -0.15) is 0 Å². The van der Waals surface area contributed by atoms with Gasteiger partial charge < -0.3 is 4.74 Å². The summed E-state index contributed by atoms with van der Waals surface area (Å²) in [4.78, 5) is 11.5. The summed E-state index contributed by atoms with van der Waals surface area (Å²) in [6.07, 6.45) is 2.07. The fourth-order valence-corrected chi connectivity index (χ4v) is 3.17. The smallest absolute Gasteiger partial charge is 0.308 e. The molecular formula is C19H28O2. The molecule has 1 aromatic rings. The summed E-state index contributed by atoms with van der Waals surface area (Å²) in [5, 5.41) is 0. The quantitative estimate of drug-likeness (QED) is 0.757. The molecule has 0 bridgehead atoms. The maximum atomic E-state index is 11.5. The second-order valence-electron chi connectivity index (χ2n) is 7.58. The Balaban J connectivity index is 2.09. The van der Waals surface area contributed by atoms with Crippen molar-refractivity contribution in [2.45, 2.75) is 58.8 Å². The maximum absolute atomic E-state index is 11.5. The molecule has 0 N–H and O–H groups in total. The number of aryl methyl sites for hydroxylation is 1. The molecule has 0 spiro atoms. The van der Waals surface area contributed by atoms with E-state index >= 15 is 0 Å². The molecule has 0 aliphatic heterocycles. The molecule has 1 aliphatic rings. The minimum Gasteiger partial charge on any atom is -0.469 e. The molecule has 0 saturated heterocycles. The van der Waals surface area contributed by atoms with Gasteiger partial charge in [-0.1, -0.05) is 45.9 Å². The van der Waals surface area contributed by atoms with E-state index in [9.17, 15) is 4.79 Å². The molecule has 1 saturated carbocycles. The summed E-state index contributed by atoms with van der Waals surface area (Å²) in [6, 6.07) is 6.83. The lowest BCUT2D eigenvalue weighted by Crippen LogP contribution is -2.12. The Bertz CT molecular complexity index is 525. The Kier molecular flexibility index (Phi) is 4.46. The minimum absolute atomic E-state index is 0.0348. The Morgan fingerprint density at radius 2 is 2.05 bits per heavy atom. The van der Waals surface area contributed by atoms with E-state index in [1.54, 1.807) is 0 Å². The monoisotopic (exact) mass is 288 g/mol. The van der Waals surface area contributed by atoms with E-state index in [4.69, 9.17) is 4.74 Å². The van der Waals surface area contributed by atoms with Crippen LogP contribution in [0, 0.1) is 18.8 Å². The van der Waals surface area contributed by atoms with Gasteiger partial charge in [-0.15, -0.1) is 0 Å². The van der Waals surface area contributed by atoms with E-state index in [2.05, 4.69) is 52.8 Å². The van der Waals surface area contributed by atoms with Crippen LogP contribution in [0.1, 0.15) is 63.1 Å². The molecule has 1 fully saturated rings. The molecule has 2 rings (SSSR count). The van der Waals surface area contributed by atoms with Crippen molar-refractivity contribution < 1.29 is 9.53 Å². The molecule has 3 atom stereocenters. The minimum atomic E-state index is -0.0348.